The quantitative estimate of drug-likeness (QED) is 0.509. The lowest BCUT2D eigenvalue weighted by Crippen LogP contribution is -2.49. The van der Waals surface area contributed by atoms with E-state index >= 15 is 0 Å². The number of aromatic nitrogens is 3. The number of carbonyl (C=O) groups is 1. The Hall–Kier alpha value is -2.93. The van der Waals surface area contributed by atoms with Gasteiger partial charge in [-0.2, -0.15) is 0 Å². The summed E-state index contributed by atoms with van der Waals surface area (Å²) in [5, 5.41) is 1.05. The number of thiazole rings is 1. The molecular weight excluding hydrogens is 382 g/mol. The molecule has 6 nitrogen and oxygen atoms in total. The highest BCUT2D eigenvalue weighted by atomic mass is 32.1. The Labute approximate surface area is 173 Å². The van der Waals surface area contributed by atoms with Crippen LogP contribution in [0.5, 0.6) is 0 Å². The number of rotatable bonds is 2. The molecule has 0 radical (unpaired) electrons. The number of pyridine rings is 1. The number of piperazine rings is 1. The summed E-state index contributed by atoms with van der Waals surface area (Å²) in [5.74, 6) is 0.0524. The summed E-state index contributed by atoms with van der Waals surface area (Å²) in [6, 6.07) is 10.2. The van der Waals surface area contributed by atoms with E-state index in [1.54, 1.807) is 11.3 Å². The molecule has 29 heavy (non-hydrogen) atoms. The molecule has 148 valence electrons. The molecule has 3 aromatic heterocycles. The summed E-state index contributed by atoms with van der Waals surface area (Å²) in [5.41, 5.74) is 5.85. The summed E-state index contributed by atoms with van der Waals surface area (Å²) in [4.78, 5) is 26.8. The Bertz CT molecular complexity index is 1230. The molecule has 0 spiro atoms. The van der Waals surface area contributed by atoms with Gasteiger partial charge >= 0.3 is 0 Å². The van der Waals surface area contributed by atoms with Gasteiger partial charge in [0.15, 0.2) is 5.13 Å². The van der Waals surface area contributed by atoms with Crippen LogP contribution in [0.15, 0.2) is 36.5 Å². The molecule has 5 rings (SSSR count). The van der Waals surface area contributed by atoms with E-state index in [9.17, 15) is 4.79 Å². The zero-order valence-electron chi connectivity index (χ0n) is 16.8. The van der Waals surface area contributed by atoms with Gasteiger partial charge in [0.1, 0.15) is 11.3 Å². The van der Waals surface area contributed by atoms with E-state index in [1.807, 2.05) is 40.6 Å². The number of imidazole rings is 1. The van der Waals surface area contributed by atoms with Crippen LogP contribution in [0, 0.1) is 20.8 Å². The number of fused-ring (bicyclic) bond motifs is 2. The van der Waals surface area contributed by atoms with E-state index in [-0.39, 0.29) is 5.91 Å². The summed E-state index contributed by atoms with van der Waals surface area (Å²) in [7, 11) is 0. The fourth-order valence-electron chi connectivity index (χ4n) is 4.12. The zero-order valence-corrected chi connectivity index (χ0v) is 17.7. The zero-order chi connectivity index (χ0) is 20.1. The third-order valence-electron chi connectivity index (χ3n) is 5.55. The third kappa shape index (κ3) is 3.06. The maximum Gasteiger partial charge on any atom is 0.272 e. The highest BCUT2D eigenvalue weighted by Crippen LogP contribution is 2.32. The van der Waals surface area contributed by atoms with Gasteiger partial charge in [0.2, 0.25) is 0 Å². The van der Waals surface area contributed by atoms with Gasteiger partial charge in [0.05, 0.1) is 15.9 Å². The highest BCUT2D eigenvalue weighted by molar-refractivity contribution is 7.22. The molecule has 0 saturated carbocycles. The van der Waals surface area contributed by atoms with Crippen molar-refractivity contribution in [3.8, 4) is 0 Å². The molecule has 0 unspecified atom stereocenters. The second-order valence-electron chi connectivity index (χ2n) is 7.68. The van der Waals surface area contributed by atoms with Crippen LogP contribution < -0.4 is 4.90 Å². The SMILES string of the molecule is Cc1cc(C)c2sc(N3CCN(C(=O)c4c(C)nc5ccccn45)CC3)nc2c1. The van der Waals surface area contributed by atoms with Crippen LogP contribution in [0.25, 0.3) is 15.9 Å². The molecule has 0 bridgehead atoms. The molecule has 1 fully saturated rings. The first-order valence-corrected chi connectivity index (χ1v) is 10.7. The van der Waals surface area contributed by atoms with Crippen molar-refractivity contribution >= 4 is 38.2 Å². The van der Waals surface area contributed by atoms with E-state index in [0.717, 1.165) is 35.1 Å². The summed E-state index contributed by atoms with van der Waals surface area (Å²) in [6.07, 6.45) is 1.91. The van der Waals surface area contributed by atoms with Gasteiger partial charge in [-0.15, -0.1) is 0 Å². The predicted molar refractivity (Wildman–Crippen MR) is 117 cm³/mol. The van der Waals surface area contributed by atoms with Crippen LogP contribution in [-0.2, 0) is 0 Å². The van der Waals surface area contributed by atoms with Gasteiger partial charge in [-0.3, -0.25) is 9.20 Å². The van der Waals surface area contributed by atoms with Gasteiger partial charge in [-0.25, -0.2) is 9.97 Å². The minimum absolute atomic E-state index is 0.0524. The first kappa shape index (κ1) is 18.1. The molecule has 1 saturated heterocycles. The number of nitrogens with zero attached hydrogens (tertiary/aromatic N) is 5. The molecule has 0 atom stereocenters. The van der Waals surface area contributed by atoms with Crippen LogP contribution in [-0.4, -0.2) is 51.4 Å². The van der Waals surface area contributed by atoms with E-state index in [4.69, 9.17) is 4.98 Å². The van der Waals surface area contributed by atoms with Crippen LogP contribution >= 0.6 is 11.3 Å². The monoisotopic (exact) mass is 405 g/mol. The Morgan fingerprint density at radius 2 is 1.83 bits per heavy atom. The van der Waals surface area contributed by atoms with Crippen LogP contribution in [0.4, 0.5) is 5.13 Å². The third-order valence-corrected chi connectivity index (χ3v) is 6.82. The van der Waals surface area contributed by atoms with E-state index in [1.165, 1.54) is 15.8 Å². The van der Waals surface area contributed by atoms with Gasteiger partial charge in [-0.1, -0.05) is 23.5 Å². The van der Waals surface area contributed by atoms with Gasteiger partial charge < -0.3 is 9.80 Å². The maximum atomic E-state index is 13.2. The molecule has 1 aliphatic heterocycles. The molecule has 1 aliphatic rings. The standard InChI is InChI=1S/C22H23N5OS/c1-14-12-15(2)20-17(13-14)24-22(29-20)26-10-8-25(9-11-26)21(28)19-16(3)23-18-6-4-5-7-27(18)19/h4-7,12-13H,8-11H2,1-3H3. The Morgan fingerprint density at radius 1 is 1.03 bits per heavy atom. The number of carbonyl (C=O) groups excluding carboxylic acids is 1. The molecule has 4 heterocycles. The number of hydrogen-bond acceptors (Lipinski definition) is 5. The fraction of sp³-hybridized carbons (Fsp3) is 0.318. The number of amides is 1. The van der Waals surface area contributed by atoms with Crippen molar-refractivity contribution in [3.63, 3.8) is 0 Å². The lowest BCUT2D eigenvalue weighted by Gasteiger charge is -2.34. The first-order chi connectivity index (χ1) is 14.0. The minimum atomic E-state index is 0.0524. The topological polar surface area (TPSA) is 53.7 Å². The van der Waals surface area contributed by atoms with Crippen molar-refractivity contribution in [2.24, 2.45) is 0 Å². The first-order valence-electron chi connectivity index (χ1n) is 9.87. The average Bonchev–Trinajstić information content (AvgIpc) is 3.28. The lowest BCUT2D eigenvalue weighted by molar-refractivity contribution is 0.0739. The molecule has 4 aromatic rings. The van der Waals surface area contributed by atoms with E-state index in [0.29, 0.717) is 18.8 Å². The van der Waals surface area contributed by atoms with E-state index in [2.05, 4.69) is 35.9 Å². The molecular formula is C22H23N5OS. The van der Waals surface area contributed by atoms with Crippen molar-refractivity contribution in [3.05, 3.63) is 59.0 Å². The lowest BCUT2D eigenvalue weighted by atomic mass is 10.1. The van der Waals surface area contributed by atoms with Crippen LogP contribution in [0.3, 0.4) is 0 Å². The second-order valence-corrected chi connectivity index (χ2v) is 8.66. The Morgan fingerprint density at radius 3 is 2.62 bits per heavy atom. The van der Waals surface area contributed by atoms with Crippen molar-refractivity contribution in [1.29, 1.82) is 0 Å². The fourth-order valence-corrected chi connectivity index (χ4v) is 5.19. The molecule has 0 N–H and O–H groups in total. The van der Waals surface area contributed by atoms with Crippen LogP contribution in [0.2, 0.25) is 0 Å². The second kappa shape index (κ2) is 6.84. The summed E-state index contributed by atoms with van der Waals surface area (Å²) >= 11 is 1.75. The normalized spacial score (nSPS) is 14.9. The van der Waals surface area contributed by atoms with Crippen molar-refractivity contribution in [2.45, 2.75) is 20.8 Å². The minimum Gasteiger partial charge on any atom is -0.345 e. The highest BCUT2D eigenvalue weighted by Gasteiger charge is 2.27. The number of hydrogen-bond donors (Lipinski definition) is 0. The maximum absolute atomic E-state index is 13.2. The molecule has 0 aliphatic carbocycles. The largest absolute Gasteiger partial charge is 0.345 e. The number of anilines is 1. The molecule has 1 aromatic carbocycles. The summed E-state index contributed by atoms with van der Waals surface area (Å²) < 4.78 is 3.15. The van der Waals surface area contributed by atoms with E-state index < -0.39 is 0 Å². The average molecular weight is 406 g/mol. The Kier molecular flexibility index (Phi) is 4.28. The smallest absolute Gasteiger partial charge is 0.272 e. The van der Waals surface area contributed by atoms with Gasteiger partial charge in [0.25, 0.3) is 5.91 Å². The summed E-state index contributed by atoms with van der Waals surface area (Å²) in [6.45, 7) is 9.11. The van der Waals surface area contributed by atoms with Gasteiger partial charge in [0, 0.05) is 32.4 Å². The Balaban J connectivity index is 1.36. The van der Waals surface area contributed by atoms with Gasteiger partial charge in [-0.05, 0) is 50.1 Å². The molecule has 1 amide bonds. The predicted octanol–water partition coefficient (Wildman–Crippen LogP) is 3.83. The van der Waals surface area contributed by atoms with Crippen molar-refractivity contribution in [1.82, 2.24) is 19.3 Å². The van der Waals surface area contributed by atoms with Crippen LogP contribution in [0.1, 0.15) is 27.3 Å². The molecule has 7 heteroatoms. The number of aryl methyl sites for hydroxylation is 3. The van der Waals surface area contributed by atoms with Crippen molar-refractivity contribution in [2.75, 3.05) is 31.1 Å². The number of benzene rings is 1. The van der Waals surface area contributed by atoms with Crippen molar-refractivity contribution < 1.29 is 4.79 Å².